The number of nitrogens with one attached hydrogen (secondary N) is 1. The highest BCUT2D eigenvalue weighted by Crippen LogP contribution is 2.34. The van der Waals surface area contributed by atoms with Crippen LogP contribution in [0.15, 0.2) is 12.1 Å². The minimum atomic E-state index is -0.746. The van der Waals surface area contributed by atoms with Crippen LogP contribution in [-0.2, 0) is 9.59 Å². The Morgan fingerprint density at radius 1 is 1.33 bits per heavy atom. The minimum Gasteiger partial charge on any atom is -0.340 e. The standard InChI is InChI=1S/C16H24N2O2S/c1-6-16(7-2)15(20)18(12(5)14(19)17-16)11(4)13-9-8-10(3)21-13/h8-9,11-12H,6-7H2,1-5H3,(H,17,19). The second-order valence-electron chi connectivity index (χ2n) is 5.79. The molecule has 2 rings (SSSR count). The third-order valence-electron chi connectivity index (χ3n) is 4.60. The van der Waals surface area contributed by atoms with Crippen LogP contribution in [-0.4, -0.2) is 28.3 Å². The molecule has 4 nitrogen and oxygen atoms in total. The van der Waals surface area contributed by atoms with E-state index in [1.54, 1.807) is 23.2 Å². The van der Waals surface area contributed by atoms with Gasteiger partial charge in [-0.05, 0) is 45.7 Å². The van der Waals surface area contributed by atoms with Gasteiger partial charge in [0.05, 0.1) is 6.04 Å². The van der Waals surface area contributed by atoms with Gasteiger partial charge in [-0.1, -0.05) is 13.8 Å². The number of nitrogens with zero attached hydrogens (tertiary/aromatic N) is 1. The van der Waals surface area contributed by atoms with E-state index in [1.165, 1.54) is 4.88 Å². The van der Waals surface area contributed by atoms with Crippen molar-refractivity contribution in [3.8, 4) is 0 Å². The van der Waals surface area contributed by atoms with E-state index in [9.17, 15) is 9.59 Å². The van der Waals surface area contributed by atoms with Crippen molar-refractivity contribution in [1.82, 2.24) is 10.2 Å². The third kappa shape index (κ3) is 2.59. The maximum Gasteiger partial charge on any atom is 0.249 e. The van der Waals surface area contributed by atoms with E-state index >= 15 is 0 Å². The third-order valence-corrected chi connectivity index (χ3v) is 5.77. The Bertz CT molecular complexity index is 548. The Labute approximate surface area is 130 Å². The molecule has 0 radical (unpaired) electrons. The molecule has 0 saturated carbocycles. The van der Waals surface area contributed by atoms with Gasteiger partial charge in [0.25, 0.3) is 0 Å². The van der Waals surface area contributed by atoms with Gasteiger partial charge in [0.1, 0.15) is 11.6 Å². The number of piperazine rings is 1. The molecule has 1 N–H and O–H groups in total. The van der Waals surface area contributed by atoms with Crippen LogP contribution in [0.1, 0.15) is 56.3 Å². The molecule has 1 aromatic heterocycles. The van der Waals surface area contributed by atoms with Crippen molar-refractivity contribution >= 4 is 23.2 Å². The number of hydrogen-bond donors (Lipinski definition) is 1. The summed E-state index contributed by atoms with van der Waals surface area (Å²) in [5, 5.41) is 2.94. The molecule has 2 atom stereocenters. The molecule has 5 heteroatoms. The van der Waals surface area contributed by atoms with Crippen LogP contribution < -0.4 is 5.32 Å². The summed E-state index contributed by atoms with van der Waals surface area (Å²) in [6.07, 6.45) is 1.24. The van der Waals surface area contributed by atoms with Crippen LogP contribution in [0.25, 0.3) is 0 Å². The fourth-order valence-corrected chi connectivity index (χ4v) is 3.93. The minimum absolute atomic E-state index is 0.0400. The van der Waals surface area contributed by atoms with E-state index in [1.807, 2.05) is 20.8 Å². The van der Waals surface area contributed by atoms with Crippen LogP contribution in [0, 0.1) is 6.92 Å². The first-order chi connectivity index (χ1) is 9.86. The first-order valence-electron chi connectivity index (χ1n) is 7.57. The van der Waals surface area contributed by atoms with Gasteiger partial charge in [-0.2, -0.15) is 0 Å². The lowest BCUT2D eigenvalue weighted by molar-refractivity contribution is -0.157. The normalized spacial score (nSPS) is 23.1. The average Bonchev–Trinajstić information content (AvgIpc) is 2.90. The van der Waals surface area contributed by atoms with Crippen molar-refractivity contribution in [3.63, 3.8) is 0 Å². The monoisotopic (exact) mass is 308 g/mol. The van der Waals surface area contributed by atoms with E-state index in [-0.39, 0.29) is 17.9 Å². The molecule has 0 spiro atoms. The van der Waals surface area contributed by atoms with Crippen LogP contribution in [0.2, 0.25) is 0 Å². The van der Waals surface area contributed by atoms with Crippen LogP contribution >= 0.6 is 11.3 Å². The molecule has 116 valence electrons. The first kappa shape index (κ1) is 16.0. The maximum absolute atomic E-state index is 13.0. The first-order valence-corrected chi connectivity index (χ1v) is 8.39. The Hall–Kier alpha value is -1.36. The van der Waals surface area contributed by atoms with Crippen LogP contribution in [0.3, 0.4) is 0 Å². The van der Waals surface area contributed by atoms with E-state index in [0.29, 0.717) is 12.8 Å². The SMILES string of the molecule is CCC1(CC)NC(=O)C(C)N(C(C)c2ccc(C)s2)C1=O. The Morgan fingerprint density at radius 2 is 1.95 bits per heavy atom. The molecule has 1 aliphatic heterocycles. The van der Waals surface area contributed by atoms with E-state index in [4.69, 9.17) is 0 Å². The molecule has 0 aliphatic carbocycles. The van der Waals surface area contributed by atoms with Crippen molar-refractivity contribution in [1.29, 1.82) is 0 Å². The molecule has 1 fully saturated rings. The molecule has 1 aliphatic rings. The molecule has 0 aromatic carbocycles. The zero-order chi connectivity index (χ0) is 15.8. The number of carbonyl (C=O) groups is 2. The Morgan fingerprint density at radius 3 is 2.43 bits per heavy atom. The highest BCUT2D eigenvalue weighted by molar-refractivity contribution is 7.12. The van der Waals surface area contributed by atoms with Crippen LogP contribution in [0.4, 0.5) is 0 Å². The molecule has 2 unspecified atom stereocenters. The second-order valence-corrected chi connectivity index (χ2v) is 7.11. The zero-order valence-electron chi connectivity index (χ0n) is 13.4. The maximum atomic E-state index is 13.0. The molecule has 2 amide bonds. The quantitative estimate of drug-likeness (QED) is 0.929. The molecule has 21 heavy (non-hydrogen) atoms. The number of rotatable bonds is 4. The zero-order valence-corrected chi connectivity index (χ0v) is 14.2. The molecule has 2 heterocycles. The molecule has 1 aromatic rings. The fraction of sp³-hybridized carbons (Fsp3) is 0.625. The lowest BCUT2D eigenvalue weighted by atomic mass is 9.86. The largest absolute Gasteiger partial charge is 0.340 e. The number of carbonyl (C=O) groups excluding carboxylic acids is 2. The molecule has 0 bridgehead atoms. The van der Waals surface area contributed by atoms with Gasteiger partial charge < -0.3 is 10.2 Å². The van der Waals surface area contributed by atoms with Crippen LogP contribution in [0.5, 0.6) is 0 Å². The highest BCUT2D eigenvalue weighted by atomic mass is 32.1. The number of thiophene rings is 1. The van der Waals surface area contributed by atoms with E-state index < -0.39 is 11.6 Å². The van der Waals surface area contributed by atoms with Crippen molar-refractivity contribution in [2.24, 2.45) is 0 Å². The average molecular weight is 308 g/mol. The van der Waals surface area contributed by atoms with Gasteiger partial charge in [0.15, 0.2) is 0 Å². The van der Waals surface area contributed by atoms with E-state index in [0.717, 1.165) is 4.88 Å². The summed E-state index contributed by atoms with van der Waals surface area (Å²) in [6.45, 7) is 9.77. The Kier molecular flexibility index (Phi) is 4.42. The predicted octanol–water partition coefficient (Wildman–Crippen LogP) is 3.02. The molecular formula is C16H24N2O2S. The topological polar surface area (TPSA) is 49.4 Å². The van der Waals surface area contributed by atoms with Crippen molar-refractivity contribution in [2.75, 3.05) is 0 Å². The molecular weight excluding hydrogens is 284 g/mol. The summed E-state index contributed by atoms with van der Waals surface area (Å²) >= 11 is 1.68. The number of amides is 2. The summed E-state index contributed by atoms with van der Waals surface area (Å²) in [6, 6.07) is 3.61. The van der Waals surface area contributed by atoms with E-state index in [2.05, 4.69) is 24.4 Å². The summed E-state index contributed by atoms with van der Waals surface area (Å²) in [5.74, 6) is -0.0171. The lowest BCUT2D eigenvalue weighted by Crippen LogP contribution is -2.69. The highest BCUT2D eigenvalue weighted by Gasteiger charge is 2.49. The van der Waals surface area contributed by atoms with Gasteiger partial charge in [-0.3, -0.25) is 9.59 Å². The number of hydrogen-bond acceptors (Lipinski definition) is 3. The fourth-order valence-electron chi connectivity index (χ4n) is 3.00. The van der Waals surface area contributed by atoms with Crippen molar-refractivity contribution in [2.45, 2.75) is 65.1 Å². The van der Waals surface area contributed by atoms with Gasteiger partial charge in [-0.15, -0.1) is 11.3 Å². The Balaban J connectivity index is 2.39. The smallest absolute Gasteiger partial charge is 0.249 e. The summed E-state index contributed by atoms with van der Waals surface area (Å²) in [5.41, 5.74) is -0.746. The van der Waals surface area contributed by atoms with Crippen molar-refractivity contribution < 1.29 is 9.59 Å². The summed E-state index contributed by atoms with van der Waals surface area (Å²) in [7, 11) is 0. The van der Waals surface area contributed by atoms with Gasteiger partial charge in [0, 0.05) is 9.75 Å². The van der Waals surface area contributed by atoms with Gasteiger partial charge in [-0.25, -0.2) is 0 Å². The predicted molar refractivity (Wildman–Crippen MR) is 85.2 cm³/mol. The van der Waals surface area contributed by atoms with Crippen molar-refractivity contribution in [3.05, 3.63) is 21.9 Å². The summed E-state index contributed by atoms with van der Waals surface area (Å²) in [4.78, 5) is 29.4. The lowest BCUT2D eigenvalue weighted by Gasteiger charge is -2.46. The second kappa shape index (κ2) is 5.79. The summed E-state index contributed by atoms with van der Waals surface area (Å²) < 4.78 is 0. The molecule has 1 saturated heterocycles. The number of aryl methyl sites for hydroxylation is 1. The van der Waals surface area contributed by atoms with Gasteiger partial charge >= 0.3 is 0 Å². The van der Waals surface area contributed by atoms with Gasteiger partial charge in [0.2, 0.25) is 11.8 Å².